The van der Waals surface area contributed by atoms with Crippen LogP contribution in [0.3, 0.4) is 0 Å². The molecular weight excluding hydrogens is 446 g/mol. The van der Waals surface area contributed by atoms with Crippen molar-refractivity contribution in [1.82, 2.24) is 4.90 Å². The Hall–Kier alpha value is -3.01. The average molecular weight is 470 g/mol. The van der Waals surface area contributed by atoms with Crippen LogP contribution in [-0.4, -0.2) is 37.9 Å². The molecule has 166 valence electrons. The quantitative estimate of drug-likeness (QED) is 0.577. The van der Waals surface area contributed by atoms with E-state index in [1.807, 2.05) is 18.2 Å². The lowest BCUT2D eigenvalue weighted by atomic mass is 10.0. The second-order valence-electron chi connectivity index (χ2n) is 7.77. The van der Waals surface area contributed by atoms with E-state index in [1.54, 1.807) is 0 Å². The number of nitrogens with two attached hydrogens (primary N) is 1. The molecule has 3 aromatic rings. The Bertz CT molecular complexity index is 1280. The first kappa shape index (κ1) is 22.2. The second kappa shape index (κ2) is 8.85. The molecule has 1 aromatic heterocycles. The molecule has 0 saturated heterocycles. The molecule has 0 atom stereocenters. The summed E-state index contributed by atoms with van der Waals surface area (Å²) in [5, 5.41) is 3.18. The van der Waals surface area contributed by atoms with Gasteiger partial charge in [-0.1, -0.05) is 36.4 Å². The van der Waals surface area contributed by atoms with Crippen LogP contribution in [0, 0.1) is 0 Å². The van der Waals surface area contributed by atoms with Crippen LogP contribution in [0.25, 0.3) is 0 Å². The van der Waals surface area contributed by atoms with Crippen molar-refractivity contribution in [3.63, 3.8) is 0 Å². The van der Waals surface area contributed by atoms with Gasteiger partial charge in [-0.25, -0.2) is 8.42 Å². The SMILES string of the molecule is CS(=O)(=O)c1cccc(C(=O)Nc2sc3c(c2C(N)=O)CCN(Cc2ccccc2)C3)c1. The van der Waals surface area contributed by atoms with E-state index >= 15 is 0 Å². The molecule has 0 saturated carbocycles. The first-order chi connectivity index (χ1) is 15.2. The molecule has 2 amide bonds. The Morgan fingerprint density at radius 3 is 2.56 bits per heavy atom. The number of nitrogens with zero attached hydrogens (tertiary/aromatic N) is 1. The van der Waals surface area contributed by atoms with Gasteiger partial charge in [-0.15, -0.1) is 11.3 Å². The van der Waals surface area contributed by atoms with Crippen LogP contribution in [0.5, 0.6) is 0 Å². The van der Waals surface area contributed by atoms with Crippen molar-refractivity contribution in [2.24, 2.45) is 5.73 Å². The third-order valence-corrected chi connectivity index (χ3v) is 7.63. The summed E-state index contributed by atoms with van der Waals surface area (Å²) in [6.45, 7) is 2.24. The summed E-state index contributed by atoms with van der Waals surface area (Å²) >= 11 is 1.34. The zero-order valence-corrected chi connectivity index (χ0v) is 19.1. The van der Waals surface area contributed by atoms with Crippen LogP contribution < -0.4 is 11.1 Å². The molecule has 4 rings (SSSR count). The Balaban J connectivity index is 1.58. The van der Waals surface area contributed by atoms with Gasteiger partial charge in [-0.2, -0.15) is 0 Å². The molecule has 1 aliphatic heterocycles. The molecule has 3 N–H and O–H groups in total. The molecule has 0 spiro atoms. The van der Waals surface area contributed by atoms with Crippen molar-refractivity contribution in [2.75, 3.05) is 18.1 Å². The number of primary amides is 1. The summed E-state index contributed by atoms with van der Waals surface area (Å²) in [6.07, 6.45) is 1.75. The topological polar surface area (TPSA) is 110 Å². The number of amides is 2. The Morgan fingerprint density at radius 2 is 1.88 bits per heavy atom. The third-order valence-electron chi connectivity index (χ3n) is 5.38. The van der Waals surface area contributed by atoms with Gasteiger partial charge in [-0.05, 0) is 35.7 Å². The fourth-order valence-corrected chi connectivity index (χ4v) is 5.78. The maximum atomic E-state index is 12.8. The number of thiophene rings is 1. The second-order valence-corrected chi connectivity index (χ2v) is 10.9. The zero-order valence-electron chi connectivity index (χ0n) is 17.5. The van der Waals surface area contributed by atoms with Gasteiger partial charge in [0.05, 0.1) is 10.5 Å². The number of anilines is 1. The smallest absolute Gasteiger partial charge is 0.256 e. The standard InChI is InChI=1S/C23H23N3O4S2/c1-32(29,30)17-9-5-8-16(12-17)22(28)25-23-20(21(24)27)18-10-11-26(14-19(18)31-23)13-15-6-3-2-4-7-15/h2-9,12H,10-11,13-14H2,1H3,(H2,24,27)(H,25,28). The number of rotatable bonds is 6. The number of carbonyl (C=O) groups excluding carboxylic acids is 2. The minimum absolute atomic E-state index is 0.0577. The summed E-state index contributed by atoms with van der Waals surface area (Å²) in [5.74, 6) is -1.07. The van der Waals surface area contributed by atoms with E-state index in [1.165, 1.54) is 41.2 Å². The van der Waals surface area contributed by atoms with Crippen LogP contribution in [-0.2, 0) is 29.3 Å². The van der Waals surface area contributed by atoms with Gasteiger partial charge in [0.1, 0.15) is 5.00 Å². The number of nitrogens with one attached hydrogen (secondary N) is 1. The van der Waals surface area contributed by atoms with Crippen LogP contribution in [0.1, 0.15) is 36.7 Å². The summed E-state index contributed by atoms with van der Waals surface area (Å²) < 4.78 is 23.6. The predicted molar refractivity (Wildman–Crippen MR) is 125 cm³/mol. The van der Waals surface area contributed by atoms with Crippen molar-refractivity contribution in [2.45, 2.75) is 24.4 Å². The summed E-state index contributed by atoms with van der Waals surface area (Å²) in [5.41, 5.74) is 8.29. The zero-order chi connectivity index (χ0) is 22.9. The number of carbonyl (C=O) groups is 2. The van der Waals surface area contributed by atoms with Gasteiger partial charge >= 0.3 is 0 Å². The van der Waals surface area contributed by atoms with Gasteiger partial charge in [0.2, 0.25) is 0 Å². The van der Waals surface area contributed by atoms with E-state index in [0.717, 1.165) is 29.8 Å². The van der Waals surface area contributed by atoms with Gasteiger partial charge in [0.25, 0.3) is 11.8 Å². The number of fused-ring (bicyclic) bond motifs is 1. The number of hydrogen-bond acceptors (Lipinski definition) is 6. The maximum absolute atomic E-state index is 12.8. The molecule has 0 aliphatic carbocycles. The lowest BCUT2D eigenvalue weighted by Crippen LogP contribution is -2.30. The third kappa shape index (κ3) is 4.74. The van der Waals surface area contributed by atoms with Crippen LogP contribution in [0.4, 0.5) is 5.00 Å². The summed E-state index contributed by atoms with van der Waals surface area (Å²) in [4.78, 5) is 28.4. The maximum Gasteiger partial charge on any atom is 0.256 e. The fraction of sp³-hybridized carbons (Fsp3) is 0.217. The lowest BCUT2D eigenvalue weighted by Gasteiger charge is -2.27. The van der Waals surface area contributed by atoms with E-state index < -0.39 is 21.7 Å². The fourth-order valence-electron chi connectivity index (χ4n) is 3.82. The molecule has 0 fully saturated rings. The number of benzene rings is 2. The van der Waals surface area contributed by atoms with Gasteiger partial charge < -0.3 is 11.1 Å². The highest BCUT2D eigenvalue weighted by Crippen LogP contribution is 2.37. The number of hydrogen-bond donors (Lipinski definition) is 2. The normalized spacial score (nSPS) is 14.0. The van der Waals surface area contributed by atoms with Crippen molar-refractivity contribution >= 4 is 38.0 Å². The average Bonchev–Trinajstić information content (AvgIpc) is 3.11. The molecule has 2 heterocycles. The minimum Gasteiger partial charge on any atom is -0.365 e. The minimum atomic E-state index is -3.44. The van der Waals surface area contributed by atoms with Gasteiger partial charge in [0, 0.05) is 36.3 Å². The number of sulfone groups is 1. The van der Waals surface area contributed by atoms with Crippen LogP contribution in [0.15, 0.2) is 59.5 Å². The van der Waals surface area contributed by atoms with Crippen molar-refractivity contribution in [3.05, 3.63) is 81.7 Å². The Labute approximate surface area is 190 Å². The lowest BCUT2D eigenvalue weighted by molar-refractivity contribution is 0.0999. The molecule has 1 aliphatic rings. The molecular formula is C23H23N3O4S2. The summed E-state index contributed by atoms with van der Waals surface area (Å²) in [6, 6.07) is 16.0. The monoisotopic (exact) mass is 469 g/mol. The van der Waals surface area contributed by atoms with E-state index in [0.29, 0.717) is 23.5 Å². The highest BCUT2D eigenvalue weighted by molar-refractivity contribution is 7.90. The molecule has 0 bridgehead atoms. The molecule has 0 unspecified atom stereocenters. The first-order valence-electron chi connectivity index (χ1n) is 10.0. The van der Waals surface area contributed by atoms with Gasteiger partial charge in [-0.3, -0.25) is 14.5 Å². The highest BCUT2D eigenvalue weighted by atomic mass is 32.2. The predicted octanol–water partition coefficient (Wildman–Crippen LogP) is 3.06. The van der Waals surface area contributed by atoms with E-state index in [2.05, 4.69) is 22.3 Å². The summed E-state index contributed by atoms with van der Waals surface area (Å²) in [7, 11) is -3.44. The molecule has 2 aromatic carbocycles. The molecule has 0 radical (unpaired) electrons. The van der Waals surface area contributed by atoms with Crippen molar-refractivity contribution in [1.29, 1.82) is 0 Å². The molecule has 7 nitrogen and oxygen atoms in total. The van der Waals surface area contributed by atoms with Crippen LogP contribution in [0.2, 0.25) is 0 Å². The van der Waals surface area contributed by atoms with Crippen molar-refractivity contribution < 1.29 is 18.0 Å². The van der Waals surface area contributed by atoms with Crippen LogP contribution >= 0.6 is 11.3 Å². The van der Waals surface area contributed by atoms with E-state index in [-0.39, 0.29) is 10.5 Å². The Morgan fingerprint density at radius 1 is 1.12 bits per heavy atom. The first-order valence-corrected chi connectivity index (χ1v) is 12.8. The Kier molecular flexibility index (Phi) is 6.14. The molecule has 32 heavy (non-hydrogen) atoms. The highest BCUT2D eigenvalue weighted by Gasteiger charge is 2.28. The largest absolute Gasteiger partial charge is 0.365 e. The molecule has 9 heteroatoms. The van der Waals surface area contributed by atoms with E-state index in [9.17, 15) is 18.0 Å². The van der Waals surface area contributed by atoms with Gasteiger partial charge in [0.15, 0.2) is 9.84 Å². The van der Waals surface area contributed by atoms with E-state index in [4.69, 9.17) is 5.73 Å². The van der Waals surface area contributed by atoms with Crippen molar-refractivity contribution in [3.8, 4) is 0 Å².